The van der Waals surface area contributed by atoms with Crippen molar-refractivity contribution in [2.45, 2.75) is 6.10 Å². The average Bonchev–Trinajstić information content (AvgIpc) is 2.60. The number of amides is 1. The number of benzene rings is 2. The third kappa shape index (κ3) is 4.08. The summed E-state index contributed by atoms with van der Waals surface area (Å²) in [5.41, 5.74) is 0.433. The number of carbonyl (C=O) groups excluding carboxylic acids is 1. The van der Waals surface area contributed by atoms with Gasteiger partial charge < -0.3 is 14.4 Å². The number of carbonyl (C=O) groups is 1. The Labute approximate surface area is 138 Å². The highest BCUT2D eigenvalue weighted by Gasteiger charge is 2.25. The van der Waals surface area contributed by atoms with Gasteiger partial charge in [-0.15, -0.1) is 0 Å². The summed E-state index contributed by atoms with van der Waals surface area (Å²) >= 11 is 0. The molecule has 0 spiro atoms. The first kappa shape index (κ1) is 16.4. The van der Waals surface area contributed by atoms with Gasteiger partial charge in [0.1, 0.15) is 30.1 Å². The molecule has 0 radical (unpaired) electrons. The van der Waals surface area contributed by atoms with Crippen LogP contribution in [0.4, 0.5) is 8.78 Å². The normalized spacial score (nSPS) is 17.6. The maximum Gasteiger partial charge on any atom is 0.254 e. The van der Waals surface area contributed by atoms with E-state index in [0.29, 0.717) is 31.0 Å². The second-order valence-corrected chi connectivity index (χ2v) is 5.52. The van der Waals surface area contributed by atoms with Crippen LogP contribution >= 0.6 is 0 Å². The average molecular weight is 333 g/mol. The number of nitrogens with zero attached hydrogens (tertiary/aromatic N) is 1. The lowest BCUT2D eigenvalue weighted by Crippen LogP contribution is -2.47. The van der Waals surface area contributed by atoms with Crippen molar-refractivity contribution in [2.75, 3.05) is 26.3 Å². The minimum Gasteiger partial charge on any atom is -0.491 e. The van der Waals surface area contributed by atoms with Crippen LogP contribution in [0.5, 0.6) is 5.75 Å². The largest absolute Gasteiger partial charge is 0.491 e. The summed E-state index contributed by atoms with van der Waals surface area (Å²) in [5, 5.41) is 0. The maximum absolute atomic E-state index is 13.1. The fourth-order valence-electron chi connectivity index (χ4n) is 2.53. The first-order chi connectivity index (χ1) is 11.6. The van der Waals surface area contributed by atoms with E-state index >= 15 is 0 Å². The molecular weight excluding hydrogens is 316 g/mol. The molecule has 0 N–H and O–H groups in total. The maximum atomic E-state index is 13.1. The first-order valence-corrected chi connectivity index (χ1v) is 7.66. The predicted octanol–water partition coefficient (Wildman–Crippen LogP) is 2.88. The molecule has 6 heteroatoms. The summed E-state index contributed by atoms with van der Waals surface area (Å²) in [6, 6.07) is 11.3. The zero-order valence-corrected chi connectivity index (χ0v) is 13.0. The smallest absolute Gasteiger partial charge is 0.254 e. The number of halogens is 2. The van der Waals surface area contributed by atoms with Crippen LogP contribution in [-0.2, 0) is 4.74 Å². The van der Waals surface area contributed by atoms with Gasteiger partial charge in [0.2, 0.25) is 0 Å². The van der Waals surface area contributed by atoms with Crippen LogP contribution < -0.4 is 4.74 Å². The molecule has 0 aromatic heterocycles. The van der Waals surface area contributed by atoms with Crippen LogP contribution in [0, 0.1) is 11.6 Å². The summed E-state index contributed by atoms with van der Waals surface area (Å²) in [7, 11) is 0. The molecule has 1 unspecified atom stereocenters. The summed E-state index contributed by atoms with van der Waals surface area (Å²) in [5.74, 6) is -0.505. The number of hydrogen-bond donors (Lipinski definition) is 0. The SMILES string of the molecule is O=C(c1ccc(F)cc1)N1CCOC(COc2cccc(F)c2)C1. The Bertz CT molecular complexity index is 706. The topological polar surface area (TPSA) is 38.8 Å². The van der Waals surface area contributed by atoms with Gasteiger partial charge in [0.05, 0.1) is 13.2 Å². The van der Waals surface area contributed by atoms with Crippen molar-refractivity contribution in [3.05, 3.63) is 65.7 Å². The highest BCUT2D eigenvalue weighted by molar-refractivity contribution is 5.94. The van der Waals surface area contributed by atoms with Gasteiger partial charge in [0.15, 0.2) is 0 Å². The van der Waals surface area contributed by atoms with E-state index in [-0.39, 0.29) is 30.3 Å². The van der Waals surface area contributed by atoms with Crippen LogP contribution in [0.25, 0.3) is 0 Å². The Morgan fingerprint density at radius 2 is 1.96 bits per heavy atom. The molecule has 1 aliphatic rings. The minimum atomic E-state index is -0.380. The van der Waals surface area contributed by atoms with Crippen LogP contribution in [0.2, 0.25) is 0 Å². The third-order valence-electron chi connectivity index (χ3n) is 3.75. The van der Waals surface area contributed by atoms with Crippen molar-refractivity contribution < 1.29 is 23.0 Å². The van der Waals surface area contributed by atoms with Crippen molar-refractivity contribution in [2.24, 2.45) is 0 Å². The molecule has 2 aromatic carbocycles. The Hall–Kier alpha value is -2.47. The van der Waals surface area contributed by atoms with Gasteiger partial charge >= 0.3 is 0 Å². The molecule has 3 rings (SSSR count). The Kier molecular flexibility index (Phi) is 5.05. The van der Waals surface area contributed by atoms with E-state index in [1.54, 1.807) is 17.0 Å². The molecule has 0 aliphatic carbocycles. The summed E-state index contributed by atoms with van der Waals surface area (Å²) < 4.78 is 37.2. The predicted molar refractivity (Wildman–Crippen MR) is 83.9 cm³/mol. The Balaban J connectivity index is 1.57. The quantitative estimate of drug-likeness (QED) is 0.864. The Morgan fingerprint density at radius 3 is 2.71 bits per heavy atom. The van der Waals surface area contributed by atoms with Gasteiger partial charge in [0, 0.05) is 18.2 Å². The highest BCUT2D eigenvalue weighted by Crippen LogP contribution is 2.15. The Morgan fingerprint density at radius 1 is 1.17 bits per heavy atom. The molecule has 1 aliphatic heterocycles. The van der Waals surface area contributed by atoms with E-state index in [0.717, 1.165) is 0 Å². The van der Waals surface area contributed by atoms with Crippen LogP contribution in [-0.4, -0.2) is 43.2 Å². The van der Waals surface area contributed by atoms with Crippen molar-refractivity contribution in [1.29, 1.82) is 0 Å². The monoisotopic (exact) mass is 333 g/mol. The van der Waals surface area contributed by atoms with Gasteiger partial charge in [-0.3, -0.25) is 4.79 Å². The van der Waals surface area contributed by atoms with E-state index in [4.69, 9.17) is 9.47 Å². The molecule has 1 fully saturated rings. The van der Waals surface area contributed by atoms with Gasteiger partial charge in [-0.1, -0.05) is 6.07 Å². The minimum absolute atomic E-state index is 0.172. The second-order valence-electron chi connectivity index (χ2n) is 5.52. The summed E-state index contributed by atoms with van der Waals surface area (Å²) in [6.07, 6.45) is -0.300. The number of morpholine rings is 1. The standard InChI is InChI=1S/C18H17F2NO3/c19-14-6-4-13(5-7-14)18(22)21-8-9-23-17(11-21)12-24-16-3-1-2-15(20)10-16/h1-7,10,17H,8-9,11-12H2. The van der Waals surface area contributed by atoms with Crippen molar-refractivity contribution in [1.82, 2.24) is 4.90 Å². The molecule has 1 atom stereocenters. The van der Waals surface area contributed by atoms with E-state index in [9.17, 15) is 13.6 Å². The summed E-state index contributed by atoms with van der Waals surface area (Å²) in [4.78, 5) is 14.1. The summed E-state index contributed by atoms with van der Waals surface area (Å²) in [6.45, 7) is 1.44. The van der Waals surface area contributed by atoms with Crippen molar-refractivity contribution in [3.8, 4) is 5.75 Å². The highest BCUT2D eigenvalue weighted by atomic mass is 19.1. The van der Waals surface area contributed by atoms with Crippen LogP contribution in [0.1, 0.15) is 10.4 Å². The molecule has 1 amide bonds. The van der Waals surface area contributed by atoms with E-state index < -0.39 is 0 Å². The van der Waals surface area contributed by atoms with Gasteiger partial charge in [-0.05, 0) is 36.4 Å². The van der Waals surface area contributed by atoms with Crippen LogP contribution in [0.15, 0.2) is 48.5 Å². The molecule has 0 bridgehead atoms. The second kappa shape index (κ2) is 7.40. The molecule has 24 heavy (non-hydrogen) atoms. The number of rotatable bonds is 4. The van der Waals surface area contributed by atoms with Gasteiger partial charge in [-0.2, -0.15) is 0 Å². The molecule has 4 nitrogen and oxygen atoms in total. The zero-order valence-electron chi connectivity index (χ0n) is 13.0. The van der Waals surface area contributed by atoms with Crippen molar-refractivity contribution in [3.63, 3.8) is 0 Å². The lowest BCUT2D eigenvalue weighted by molar-refractivity contribution is -0.0401. The molecule has 1 heterocycles. The molecular formula is C18H17F2NO3. The molecule has 126 valence electrons. The molecule has 1 saturated heterocycles. The van der Waals surface area contributed by atoms with Gasteiger partial charge in [-0.25, -0.2) is 8.78 Å². The van der Waals surface area contributed by atoms with Crippen molar-refractivity contribution >= 4 is 5.91 Å². The van der Waals surface area contributed by atoms with E-state index in [2.05, 4.69) is 0 Å². The lowest BCUT2D eigenvalue weighted by Gasteiger charge is -2.32. The lowest BCUT2D eigenvalue weighted by atomic mass is 10.1. The first-order valence-electron chi connectivity index (χ1n) is 7.66. The fourth-order valence-corrected chi connectivity index (χ4v) is 2.53. The number of hydrogen-bond acceptors (Lipinski definition) is 3. The van der Waals surface area contributed by atoms with Gasteiger partial charge in [0.25, 0.3) is 5.91 Å². The van der Waals surface area contributed by atoms with E-state index in [1.165, 1.54) is 36.4 Å². The molecule has 2 aromatic rings. The zero-order chi connectivity index (χ0) is 16.9. The van der Waals surface area contributed by atoms with Crippen LogP contribution in [0.3, 0.4) is 0 Å². The van der Waals surface area contributed by atoms with E-state index in [1.807, 2.05) is 0 Å². The third-order valence-corrected chi connectivity index (χ3v) is 3.75. The fraction of sp³-hybridized carbons (Fsp3) is 0.278. The molecule has 0 saturated carbocycles. The number of ether oxygens (including phenoxy) is 2.